The van der Waals surface area contributed by atoms with Crippen molar-refractivity contribution in [3.8, 4) is 5.88 Å². The van der Waals surface area contributed by atoms with Crippen molar-refractivity contribution in [1.29, 1.82) is 0 Å². The zero-order chi connectivity index (χ0) is 10.7. The Hall–Kier alpha value is -0.940. The van der Waals surface area contributed by atoms with Crippen LogP contribution in [0.5, 0.6) is 5.88 Å². The topological polar surface area (TPSA) is 42.4 Å². The molecule has 6 heteroatoms. The van der Waals surface area contributed by atoms with E-state index >= 15 is 0 Å². The molecule has 0 aliphatic rings. The van der Waals surface area contributed by atoms with Gasteiger partial charge in [-0.15, -0.1) is 0 Å². The molecule has 0 atom stereocenters. The van der Waals surface area contributed by atoms with Gasteiger partial charge in [-0.05, 0) is 0 Å². The number of ether oxygens (including phenoxy) is 1. The lowest BCUT2D eigenvalue weighted by Gasteiger charge is -2.09. The second-order valence-electron chi connectivity index (χ2n) is 2.47. The molecule has 1 heterocycles. The molecular formula is C8H8ClF2NO2. The molecule has 78 valence electrons. The number of methoxy groups -OCH3 is 1. The van der Waals surface area contributed by atoms with Crippen LogP contribution in [-0.2, 0) is 6.61 Å². The monoisotopic (exact) mass is 223 g/mol. The van der Waals surface area contributed by atoms with Gasteiger partial charge in [0.05, 0.1) is 18.7 Å². The fraction of sp³-hybridized carbons (Fsp3) is 0.375. The van der Waals surface area contributed by atoms with Crippen LogP contribution in [0.4, 0.5) is 8.78 Å². The van der Waals surface area contributed by atoms with E-state index in [0.29, 0.717) is 0 Å². The van der Waals surface area contributed by atoms with E-state index in [0.717, 1.165) is 0 Å². The summed E-state index contributed by atoms with van der Waals surface area (Å²) in [4.78, 5) is 3.51. The molecule has 0 saturated carbocycles. The van der Waals surface area contributed by atoms with Crippen molar-refractivity contribution in [1.82, 2.24) is 4.98 Å². The smallest absolute Gasteiger partial charge is 0.280 e. The van der Waals surface area contributed by atoms with Crippen molar-refractivity contribution in [3.63, 3.8) is 0 Å². The molecule has 0 aliphatic carbocycles. The summed E-state index contributed by atoms with van der Waals surface area (Å²) in [7, 11) is 1.30. The minimum Gasteiger partial charge on any atom is -0.481 e. The summed E-state index contributed by atoms with van der Waals surface area (Å²) in [5.41, 5.74) is -0.612. The molecule has 0 fully saturated rings. The van der Waals surface area contributed by atoms with Gasteiger partial charge in [0.15, 0.2) is 0 Å². The Morgan fingerprint density at radius 1 is 1.64 bits per heavy atom. The van der Waals surface area contributed by atoms with Crippen LogP contribution in [0.15, 0.2) is 6.07 Å². The lowest BCUT2D eigenvalue weighted by Crippen LogP contribution is -2.01. The van der Waals surface area contributed by atoms with E-state index in [1.165, 1.54) is 13.2 Å². The number of aliphatic hydroxyl groups is 1. The number of halogens is 3. The van der Waals surface area contributed by atoms with Gasteiger partial charge in [-0.3, -0.25) is 0 Å². The van der Waals surface area contributed by atoms with Gasteiger partial charge in [-0.1, -0.05) is 11.6 Å². The largest absolute Gasteiger partial charge is 0.481 e. The summed E-state index contributed by atoms with van der Waals surface area (Å²) < 4.78 is 29.5. The second-order valence-corrected chi connectivity index (χ2v) is 2.88. The fourth-order valence-corrected chi connectivity index (χ4v) is 1.23. The van der Waals surface area contributed by atoms with Gasteiger partial charge in [0.1, 0.15) is 5.69 Å². The maximum absolute atomic E-state index is 12.4. The Morgan fingerprint density at radius 2 is 2.29 bits per heavy atom. The van der Waals surface area contributed by atoms with Crippen molar-refractivity contribution in [2.75, 3.05) is 7.11 Å². The van der Waals surface area contributed by atoms with E-state index < -0.39 is 18.7 Å². The lowest BCUT2D eigenvalue weighted by atomic mass is 10.2. The Kier molecular flexibility index (Phi) is 3.60. The molecule has 0 aromatic carbocycles. The number of alkyl halides is 2. The number of aliphatic hydroxyl groups excluding tert-OH is 1. The SMILES string of the molecule is COc1cc(Cl)c(CO)c(C(F)F)n1. The third-order valence-corrected chi connectivity index (χ3v) is 1.99. The van der Waals surface area contributed by atoms with Gasteiger partial charge in [-0.25, -0.2) is 13.8 Å². The van der Waals surface area contributed by atoms with Crippen molar-refractivity contribution < 1.29 is 18.6 Å². The van der Waals surface area contributed by atoms with E-state index in [1.54, 1.807) is 0 Å². The zero-order valence-corrected chi connectivity index (χ0v) is 8.05. The quantitative estimate of drug-likeness (QED) is 0.854. The minimum atomic E-state index is -2.79. The van der Waals surface area contributed by atoms with Crippen LogP contribution in [-0.4, -0.2) is 17.2 Å². The van der Waals surface area contributed by atoms with Gasteiger partial charge in [0.2, 0.25) is 5.88 Å². The van der Waals surface area contributed by atoms with Gasteiger partial charge in [0.25, 0.3) is 6.43 Å². The molecule has 1 aromatic heterocycles. The first-order valence-electron chi connectivity index (χ1n) is 3.72. The van der Waals surface area contributed by atoms with Crippen molar-refractivity contribution in [2.24, 2.45) is 0 Å². The zero-order valence-electron chi connectivity index (χ0n) is 7.30. The predicted octanol–water partition coefficient (Wildman–Crippen LogP) is 2.17. The Balaban J connectivity index is 3.28. The average molecular weight is 224 g/mol. The molecule has 0 bridgehead atoms. The highest BCUT2D eigenvalue weighted by molar-refractivity contribution is 6.31. The van der Waals surface area contributed by atoms with Crippen LogP contribution >= 0.6 is 11.6 Å². The summed E-state index contributed by atoms with van der Waals surface area (Å²) in [6.45, 7) is -0.574. The van der Waals surface area contributed by atoms with Gasteiger partial charge >= 0.3 is 0 Å². The summed E-state index contributed by atoms with van der Waals surface area (Å²) in [6.07, 6.45) is -2.79. The van der Waals surface area contributed by atoms with Crippen LogP contribution in [0, 0.1) is 0 Å². The number of hydrogen-bond donors (Lipinski definition) is 1. The third-order valence-electron chi connectivity index (χ3n) is 1.65. The number of aromatic nitrogens is 1. The van der Waals surface area contributed by atoms with Crippen LogP contribution in [0.1, 0.15) is 17.7 Å². The molecule has 0 amide bonds. The van der Waals surface area contributed by atoms with E-state index in [4.69, 9.17) is 16.7 Å². The maximum Gasteiger partial charge on any atom is 0.280 e. The molecule has 0 aliphatic heterocycles. The van der Waals surface area contributed by atoms with Gasteiger partial charge in [-0.2, -0.15) is 0 Å². The van der Waals surface area contributed by atoms with Crippen molar-refractivity contribution in [2.45, 2.75) is 13.0 Å². The van der Waals surface area contributed by atoms with E-state index in [-0.39, 0.29) is 16.5 Å². The molecule has 0 radical (unpaired) electrons. The van der Waals surface area contributed by atoms with Crippen LogP contribution in [0.25, 0.3) is 0 Å². The van der Waals surface area contributed by atoms with Gasteiger partial charge in [0, 0.05) is 11.6 Å². The summed E-state index contributed by atoms with van der Waals surface area (Å²) in [5.74, 6) is 0.00231. The normalized spacial score (nSPS) is 10.7. The van der Waals surface area contributed by atoms with Crippen LogP contribution in [0.2, 0.25) is 5.02 Å². The van der Waals surface area contributed by atoms with E-state index in [1.807, 2.05) is 0 Å². The summed E-state index contributed by atoms with van der Waals surface area (Å²) in [5, 5.41) is 8.84. The maximum atomic E-state index is 12.4. The number of rotatable bonds is 3. The highest BCUT2D eigenvalue weighted by Crippen LogP contribution is 2.29. The van der Waals surface area contributed by atoms with Crippen LogP contribution < -0.4 is 4.74 Å². The summed E-state index contributed by atoms with van der Waals surface area (Å²) in [6, 6.07) is 1.28. The molecule has 3 nitrogen and oxygen atoms in total. The molecule has 1 aromatic rings. The first kappa shape index (κ1) is 11.1. The third kappa shape index (κ3) is 2.10. The average Bonchev–Trinajstić information content (AvgIpc) is 2.16. The molecule has 0 saturated heterocycles. The van der Waals surface area contributed by atoms with Crippen molar-refractivity contribution >= 4 is 11.6 Å². The Bertz CT molecular complexity index is 333. The fourth-order valence-electron chi connectivity index (χ4n) is 0.978. The minimum absolute atomic E-state index is 0.00231. The lowest BCUT2D eigenvalue weighted by molar-refractivity contribution is 0.140. The first-order chi connectivity index (χ1) is 6.60. The van der Waals surface area contributed by atoms with Gasteiger partial charge < -0.3 is 9.84 Å². The highest BCUT2D eigenvalue weighted by Gasteiger charge is 2.18. The highest BCUT2D eigenvalue weighted by atomic mass is 35.5. The molecule has 1 N–H and O–H groups in total. The van der Waals surface area contributed by atoms with E-state index in [9.17, 15) is 8.78 Å². The number of pyridine rings is 1. The molecule has 0 spiro atoms. The molecular weight excluding hydrogens is 216 g/mol. The van der Waals surface area contributed by atoms with Crippen LogP contribution in [0.3, 0.4) is 0 Å². The number of nitrogens with zero attached hydrogens (tertiary/aromatic N) is 1. The van der Waals surface area contributed by atoms with Crippen molar-refractivity contribution in [3.05, 3.63) is 22.3 Å². The Labute approximate surface area is 84.3 Å². The molecule has 0 unspecified atom stereocenters. The second kappa shape index (κ2) is 4.52. The first-order valence-corrected chi connectivity index (χ1v) is 4.10. The Morgan fingerprint density at radius 3 is 2.71 bits per heavy atom. The standard InChI is InChI=1S/C8H8ClF2NO2/c1-14-6-2-5(9)4(3-13)7(12-6)8(10)11/h2,8,13H,3H2,1H3. The number of hydrogen-bond acceptors (Lipinski definition) is 3. The molecule has 1 rings (SSSR count). The van der Waals surface area contributed by atoms with E-state index in [2.05, 4.69) is 9.72 Å². The summed E-state index contributed by atoms with van der Waals surface area (Å²) >= 11 is 5.64. The molecule has 14 heavy (non-hydrogen) atoms. The predicted molar refractivity (Wildman–Crippen MR) is 46.7 cm³/mol.